The van der Waals surface area contributed by atoms with Gasteiger partial charge < -0.3 is 9.88 Å². The van der Waals surface area contributed by atoms with Crippen LogP contribution in [0.15, 0.2) is 53.7 Å². The molecule has 2 aromatic carbocycles. The zero-order chi connectivity index (χ0) is 20.1. The Hall–Kier alpha value is -2.38. The molecule has 1 aromatic heterocycles. The van der Waals surface area contributed by atoms with Crippen LogP contribution in [-0.4, -0.2) is 25.9 Å². The van der Waals surface area contributed by atoms with Gasteiger partial charge in [0.15, 0.2) is 11.0 Å². The van der Waals surface area contributed by atoms with E-state index < -0.39 is 11.1 Å². The maximum Gasteiger partial charge on any atom is 0.237 e. The molecule has 146 valence electrons. The molecule has 0 unspecified atom stereocenters. The number of thioether (sulfide) groups is 1. The van der Waals surface area contributed by atoms with Gasteiger partial charge >= 0.3 is 0 Å². The van der Waals surface area contributed by atoms with Crippen LogP contribution >= 0.6 is 23.4 Å². The van der Waals surface area contributed by atoms with Crippen LogP contribution in [0.2, 0.25) is 5.02 Å². The Bertz CT molecular complexity index is 961. The van der Waals surface area contributed by atoms with Crippen molar-refractivity contribution in [3.63, 3.8) is 0 Å². The molecule has 1 amide bonds. The summed E-state index contributed by atoms with van der Waals surface area (Å²) in [6, 6.07) is 13.2. The van der Waals surface area contributed by atoms with Gasteiger partial charge in [0.1, 0.15) is 5.82 Å². The average molecular weight is 419 g/mol. The lowest BCUT2D eigenvalue weighted by molar-refractivity contribution is -0.115. The van der Waals surface area contributed by atoms with E-state index in [9.17, 15) is 9.18 Å². The Balaban J connectivity index is 1.77. The summed E-state index contributed by atoms with van der Waals surface area (Å²) in [6.07, 6.45) is 0.899. The SMILES string of the molecule is CCCn1c(S[C@@H](C)C(=O)Nc2cccc(F)c2)nnc1-c1ccc(Cl)cc1. The molecule has 0 aliphatic rings. The maximum atomic E-state index is 13.3. The highest BCUT2D eigenvalue weighted by Gasteiger charge is 2.21. The molecule has 1 N–H and O–H groups in total. The second-order valence-electron chi connectivity index (χ2n) is 6.22. The van der Waals surface area contributed by atoms with Crippen LogP contribution in [0.3, 0.4) is 0 Å². The third-order valence-electron chi connectivity index (χ3n) is 4.01. The van der Waals surface area contributed by atoms with Crippen molar-refractivity contribution in [2.45, 2.75) is 37.2 Å². The van der Waals surface area contributed by atoms with Gasteiger partial charge in [-0.2, -0.15) is 0 Å². The highest BCUT2D eigenvalue weighted by molar-refractivity contribution is 8.00. The van der Waals surface area contributed by atoms with Crippen LogP contribution in [0.1, 0.15) is 20.3 Å². The van der Waals surface area contributed by atoms with Crippen molar-refractivity contribution >= 4 is 35.0 Å². The molecule has 0 saturated carbocycles. The van der Waals surface area contributed by atoms with E-state index >= 15 is 0 Å². The Labute approximate surface area is 172 Å². The monoisotopic (exact) mass is 418 g/mol. The number of anilines is 1. The second kappa shape index (κ2) is 9.21. The van der Waals surface area contributed by atoms with Crippen molar-refractivity contribution in [1.82, 2.24) is 14.8 Å². The number of hydrogen-bond acceptors (Lipinski definition) is 4. The predicted octanol–water partition coefficient (Wildman–Crippen LogP) is 5.27. The number of rotatable bonds is 7. The smallest absolute Gasteiger partial charge is 0.237 e. The van der Waals surface area contributed by atoms with Crippen molar-refractivity contribution in [1.29, 1.82) is 0 Å². The number of aromatic nitrogens is 3. The molecule has 0 fully saturated rings. The summed E-state index contributed by atoms with van der Waals surface area (Å²) in [7, 11) is 0. The second-order valence-corrected chi connectivity index (χ2v) is 7.97. The van der Waals surface area contributed by atoms with E-state index in [0.29, 0.717) is 15.9 Å². The first-order chi connectivity index (χ1) is 13.5. The summed E-state index contributed by atoms with van der Waals surface area (Å²) in [6.45, 7) is 4.58. The van der Waals surface area contributed by atoms with Gasteiger partial charge in [-0.1, -0.05) is 36.4 Å². The normalized spacial score (nSPS) is 12.0. The van der Waals surface area contributed by atoms with E-state index in [0.717, 1.165) is 24.4 Å². The molecule has 8 heteroatoms. The van der Waals surface area contributed by atoms with Crippen molar-refractivity contribution in [3.05, 3.63) is 59.4 Å². The lowest BCUT2D eigenvalue weighted by Crippen LogP contribution is -2.23. The number of nitrogens with zero attached hydrogens (tertiary/aromatic N) is 3. The fourth-order valence-corrected chi connectivity index (χ4v) is 3.64. The van der Waals surface area contributed by atoms with Gasteiger partial charge in [-0.25, -0.2) is 4.39 Å². The standard InChI is InChI=1S/C20H20ClFN4OS/c1-3-11-26-18(14-7-9-15(21)10-8-14)24-25-20(26)28-13(2)19(27)23-17-6-4-5-16(22)12-17/h4-10,12-13H,3,11H2,1-2H3,(H,23,27)/t13-/m0/s1. The molecule has 0 aliphatic heterocycles. The van der Waals surface area contributed by atoms with Crippen LogP contribution in [0.25, 0.3) is 11.4 Å². The predicted molar refractivity (Wildman–Crippen MR) is 111 cm³/mol. The fraction of sp³-hybridized carbons (Fsp3) is 0.250. The molecule has 3 rings (SSSR count). The zero-order valence-corrected chi connectivity index (χ0v) is 17.1. The van der Waals surface area contributed by atoms with Gasteiger partial charge in [-0.3, -0.25) is 4.79 Å². The first kappa shape index (κ1) is 20.4. The molecule has 0 saturated heterocycles. The first-order valence-electron chi connectivity index (χ1n) is 8.90. The topological polar surface area (TPSA) is 59.8 Å². The average Bonchev–Trinajstić information content (AvgIpc) is 3.05. The number of nitrogens with one attached hydrogen (secondary N) is 1. The van der Waals surface area contributed by atoms with Crippen molar-refractivity contribution < 1.29 is 9.18 Å². The Morgan fingerprint density at radius 2 is 2.00 bits per heavy atom. The zero-order valence-electron chi connectivity index (χ0n) is 15.5. The summed E-state index contributed by atoms with van der Waals surface area (Å²) >= 11 is 7.29. The molecule has 0 radical (unpaired) electrons. The number of hydrogen-bond donors (Lipinski definition) is 1. The summed E-state index contributed by atoms with van der Waals surface area (Å²) < 4.78 is 15.3. The molecule has 28 heavy (non-hydrogen) atoms. The van der Waals surface area contributed by atoms with Crippen LogP contribution in [0.4, 0.5) is 10.1 Å². The first-order valence-corrected chi connectivity index (χ1v) is 10.2. The summed E-state index contributed by atoms with van der Waals surface area (Å²) in [5.74, 6) is 0.113. The number of halogens is 2. The maximum absolute atomic E-state index is 13.3. The number of carbonyl (C=O) groups is 1. The highest BCUT2D eigenvalue weighted by atomic mass is 35.5. The molecular formula is C20H20ClFN4OS. The van der Waals surface area contributed by atoms with Gasteiger partial charge in [0, 0.05) is 22.8 Å². The van der Waals surface area contributed by atoms with E-state index in [-0.39, 0.29) is 5.91 Å². The lowest BCUT2D eigenvalue weighted by atomic mass is 10.2. The third-order valence-corrected chi connectivity index (χ3v) is 5.34. The van der Waals surface area contributed by atoms with Crippen molar-refractivity contribution in [2.75, 3.05) is 5.32 Å². The van der Waals surface area contributed by atoms with Gasteiger partial charge in [-0.05, 0) is 55.8 Å². The van der Waals surface area contributed by atoms with Crippen molar-refractivity contribution in [2.24, 2.45) is 0 Å². The third kappa shape index (κ3) is 4.91. The lowest BCUT2D eigenvalue weighted by Gasteiger charge is -2.13. The number of benzene rings is 2. The van der Waals surface area contributed by atoms with E-state index in [1.807, 2.05) is 28.8 Å². The minimum absolute atomic E-state index is 0.227. The molecule has 3 aromatic rings. The largest absolute Gasteiger partial charge is 0.325 e. The summed E-state index contributed by atoms with van der Waals surface area (Å²) in [5.41, 5.74) is 1.34. The molecule has 0 aliphatic carbocycles. The minimum Gasteiger partial charge on any atom is -0.325 e. The summed E-state index contributed by atoms with van der Waals surface area (Å²) in [5, 5.41) is 12.2. The Kier molecular flexibility index (Phi) is 6.70. The van der Waals surface area contributed by atoms with Gasteiger partial charge in [0.2, 0.25) is 5.91 Å². The summed E-state index contributed by atoms with van der Waals surface area (Å²) in [4.78, 5) is 12.5. The highest BCUT2D eigenvalue weighted by Crippen LogP contribution is 2.28. The van der Waals surface area contributed by atoms with E-state index in [1.165, 1.54) is 23.9 Å². The molecule has 1 atom stereocenters. The number of carbonyl (C=O) groups excluding carboxylic acids is 1. The van der Waals surface area contributed by atoms with E-state index in [2.05, 4.69) is 22.4 Å². The Morgan fingerprint density at radius 1 is 1.25 bits per heavy atom. The van der Waals surface area contributed by atoms with Crippen molar-refractivity contribution in [3.8, 4) is 11.4 Å². The van der Waals surface area contributed by atoms with Gasteiger partial charge in [-0.15, -0.1) is 10.2 Å². The van der Waals surface area contributed by atoms with Crippen LogP contribution in [0.5, 0.6) is 0 Å². The molecule has 0 spiro atoms. The van der Waals surface area contributed by atoms with Gasteiger partial charge in [0.25, 0.3) is 0 Å². The van der Waals surface area contributed by atoms with Gasteiger partial charge in [0.05, 0.1) is 5.25 Å². The van der Waals surface area contributed by atoms with E-state index in [1.54, 1.807) is 19.1 Å². The quantitative estimate of drug-likeness (QED) is 0.531. The van der Waals surface area contributed by atoms with Crippen LogP contribution in [-0.2, 0) is 11.3 Å². The van der Waals surface area contributed by atoms with Crippen LogP contribution in [0, 0.1) is 5.82 Å². The Morgan fingerprint density at radius 3 is 2.68 bits per heavy atom. The molecular weight excluding hydrogens is 399 g/mol. The molecule has 1 heterocycles. The van der Waals surface area contributed by atoms with Crippen LogP contribution < -0.4 is 5.32 Å². The minimum atomic E-state index is -0.429. The number of amides is 1. The molecule has 0 bridgehead atoms. The fourth-order valence-electron chi connectivity index (χ4n) is 2.64. The molecule has 5 nitrogen and oxygen atoms in total. The van der Waals surface area contributed by atoms with E-state index in [4.69, 9.17) is 11.6 Å².